The first-order valence-electron chi connectivity index (χ1n) is 8.99. The number of carboxylic acid groups (broad SMARTS) is 1. The second-order valence-electron chi connectivity index (χ2n) is 6.93. The molecule has 1 aliphatic carbocycles. The predicted octanol–water partition coefficient (Wildman–Crippen LogP) is 2.46. The predicted molar refractivity (Wildman–Crippen MR) is 95.4 cm³/mol. The molecule has 1 aliphatic rings. The Bertz CT molecular complexity index is 556. The Labute approximate surface area is 148 Å². The number of rotatable bonds is 8. The molecule has 1 fully saturated rings. The number of aliphatic carboxylic acids is 1. The van der Waals surface area contributed by atoms with Crippen LogP contribution in [0.1, 0.15) is 50.5 Å². The van der Waals surface area contributed by atoms with Gasteiger partial charge in [0.05, 0.1) is 5.60 Å². The highest BCUT2D eigenvalue weighted by Crippen LogP contribution is 2.27. The second kappa shape index (κ2) is 9.42. The summed E-state index contributed by atoms with van der Waals surface area (Å²) in [7, 11) is 0. The van der Waals surface area contributed by atoms with Crippen molar-refractivity contribution in [2.75, 3.05) is 6.54 Å². The number of carbonyl (C=O) groups excluding carboxylic acids is 1. The zero-order valence-corrected chi connectivity index (χ0v) is 14.5. The summed E-state index contributed by atoms with van der Waals surface area (Å²) in [4.78, 5) is 23.0. The normalized spacial score (nSPS) is 17.5. The van der Waals surface area contributed by atoms with Crippen LogP contribution in [-0.4, -0.2) is 40.4 Å². The number of aliphatic hydroxyl groups is 1. The summed E-state index contributed by atoms with van der Waals surface area (Å²) < 4.78 is 0. The highest BCUT2D eigenvalue weighted by Gasteiger charge is 2.29. The van der Waals surface area contributed by atoms with E-state index in [1.54, 1.807) is 0 Å². The lowest BCUT2D eigenvalue weighted by Gasteiger charge is -2.32. The fourth-order valence-electron chi connectivity index (χ4n) is 3.29. The van der Waals surface area contributed by atoms with Crippen LogP contribution < -0.4 is 10.6 Å². The molecule has 1 atom stereocenters. The van der Waals surface area contributed by atoms with Gasteiger partial charge < -0.3 is 20.8 Å². The van der Waals surface area contributed by atoms with Gasteiger partial charge in [-0.3, -0.25) is 4.79 Å². The summed E-state index contributed by atoms with van der Waals surface area (Å²) in [6.07, 6.45) is 5.45. The van der Waals surface area contributed by atoms with Crippen LogP contribution >= 0.6 is 0 Å². The van der Waals surface area contributed by atoms with E-state index in [1.165, 1.54) is 0 Å². The van der Waals surface area contributed by atoms with Crippen LogP contribution in [0.5, 0.6) is 0 Å². The zero-order valence-electron chi connectivity index (χ0n) is 14.5. The van der Waals surface area contributed by atoms with E-state index in [0.29, 0.717) is 25.7 Å². The Morgan fingerprint density at radius 2 is 1.80 bits per heavy atom. The van der Waals surface area contributed by atoms with Crippen molar-refractivity contribution in [2.45, 2.75) is 63.0 Å². The first-order chi connectivity index (χ1) is 12.0. The summed E-state index contributed by atoms with van der Waals surface area (Å²) in [5, 5.41) is 25.0. The van der Waals surface area contributed by atoms with Crippen molar-refractivity contribution in [3.05, 3.63) is 35.9 Å². The Balaban J connectivity index is 1.85. The Kier molecular flexibility index (Phi) is 7.25. The minimum atomic E-state index is -0.878. The largest absolute Gasteiger partial charge is 0.481 e. The first-order valence-corrected chi connectivity index (χ1v) is 8.99. The van der Waals surface area contributed by atoms with Crippen molar-refractivity contribution in [1.82, 2.24) is 10.6 Å². The summed E-state index contributed by atoms with van der Waals surface area (Å²) in [6.45, 7) is 0.232. The maximum atomic E-state index is 12.2. The van der Waals surface area contributed by atoms with Crippen LogP contribution in [0.4, 0.5) is 4.79 Å². The number of hydrogen-bond acceptors (Lipinski definition) is 3. The van der Waals surface area contributed by atoms with Crippen LogP contribution in [0.3, 0.4) is 0 Å². The number of carboxylic acids is 1. The fraction of sp³-hybridized carbons (Fsp3) is 0.579. The number of amides is 2. The van der Waals surface area contributed by atoms with Crippen LogP contribution in [0.25, 0.3) is 0 Å². The van der Waals surface area contributed by atoms with Gasteiger partial charge in [0.25, 0.3) is 0 Å². The molecule has 138 valence electrons. The average molecular weight is 348 g/mol. The lowest BCUT2D eigenvalue weighted by atomic mass is 9.85. The molecule has 0 aromatic heterocycles. The number of benzene rings is 1. The highest BCUT2D eigenvalue weighted by atomic mass is 16.4. The SMILES string of the molecule is O=C(O)CCC(Cc1ccccc1)NC(=O)NCC1(O)CCCCC1. The molecule has 2 rings (SSSR count). The van der Waals surface area contributed by atoms with Crippen LogP contribution in [0.15, 0.2) is 30.3 Å². The zero-order chi connectivity index (χ0) is 18.1. The molecule has 1 unspecified atom stereocenters. The van der Waals surface area contributed by atoms with Gasteiger partial charge in [0.1, 0.15) is 0 Å². The number of nitrogens with one attached hydrogen (secondary N) is 2. The number of carbonyl (C=O) groups is 2. The highest BCUT2D eigenvalue weighted by molar-refractivity contribution is 5.74. The molecule has 1 saturated carbocycles. The van der Waals surface area contributed by atoms with Crippen molar-refractivity contribution in [2.24, 2.45) is 0 Å². The first kappa shape index (κ1) is 19.2. The Hall–Kier alpha value is -2.08. The van der Waals surface area contributed by atoms with Crippen molar-refractivity contribution < 1.29 is 19.8 Å². The Morgan fingerprint density at radius 1 is 1.12 bits per heavy atom. The van der Waals surface area contributed by atoms with Gasteiger partial charge in [0.15, 0.2) is 0 Å². The standard InChI is InChI=1S/C19H28N2O4/c22-17(23)10-9-16(13-15-7-3-1-4-8-15)21-18(24)20-14-19(25)11-5-2-6-12-19/h1,3-4,7-8,16,25H,2,5-6,9-14H2,(H,22,23)(H2,20,21,24). The molecule has 0 heterocycles. The Morgan fingerprint density at radius 3 is 2.44 bits per heavy atom. The fourth-order valence-corrected chi connectivity index (χ4v) is 3.29. The number of urea groups is 1. The van der Waals surface area contributed by atoms with Gasteiger partial charge in [-0.05, 0) is 31.2 Å². The topological polar surface area (TPSA) is 98.7 Å². The van der Waals surface area contributed by atoms with Crippen LogP contribution in [0.2, 0.25) is 0 Å². The molecule has 6 nitrogen and oxygen atoms in total. The van der Waals surface area contributed by atoms with Crippen LogP contribution in [-0.2, 0) is 11.2 Å². The third-order valence-electron chi connectivity index (χ3n) is 4.73. The van der Waals surface area contributed by atoms with E-state index in [4.69, 9.17) is 5.11 Å². The van der Waals surface area contributed by atoms with Gasteiger partial charge in [-0.1, -0.05) is 49.6 Å². The van der Waals surface area contributed by atoms with E-state index in [0.717, 1.165) is 24.8 Å². The van der Waals surface area contributed by atoms with Gasteiger partial charge in [0.2, 0.25) is 0 Å². The summed E-state index contributed by atoms with van der Waals surface area (Å²) in [5.74, 6) is -0.878. The van der Waals surface area contributed by atoms with Gasteiger partial charge in [-0.2, -0.15) is 0 Å². The van der Waals surface area contributed by atoms with Crippen molar-refractivity contribution in [1.29, 1.82) is 0 Å². The summed E-state index contributed by atoms with van der Waals surface area (Å²) in [6, 6.07) is 9.05. The lowest BCUT2D eigenvalue weighted by molar-refractivity contribution is -0.137. The van der Waals surface area contributed by atoms with E-state index in [-0.39, 0.29) is 25.0 Å². The number of hydrogen-bond donors (Lipinski definition) is 4. The van der Waals surface area contributed by atoms with Crippen LogP contribution in [0, 0.1) is 0 Å². The molecule has 0 radical (unpaired) electrons. The molecule has 0 bridgehead atoms. The maximum Gasteiger partial charge on any atom is 0.315 e. The van der Waals surface area contributed by atoms with E-state index in [2.05, 4.69) is 10.6 Å². The molecule has 1 aromatic carbocycles. The third kappa shape index (κ3) is 7.13. The molecule has 0 saturated heterocycles. The smallest absolute Gasteiger partial charge is 0.315 e. The van der Waals surface area contributed by atoms with E-state index in [9.17, 15) is 14.7 Å². The van der Waals surface area contributed by atoms with E-state index < -0.39 is 11.6 Å². The molecule has 2 amide bonds. The van der Waals surface area contributed by atoms with Crippen molar-refractivity contribution in [3.8, 4) is 0 Å². The quantitative estimate of drug-likeness (QED) is 0.580. The third-order valence-corrected chi connectivity index (χ3v) is 4.73. The molecule has 0 aliphatic heterocycles. The molecule has 6 heteroatoms. The van der Waals surface area contributed by atoms with E-state index >= 15 is 0 Å². The summed E-state index contributed by atoms with van der Waals surface area (Å²) >= 11 is 0. The monoisotopic (exact) mass is 348 g/mol. The lowest BCUT2D eigenvalue weighted by Crippen LogP contribution is -2.49. The molecule has 1 aromatic rings. The minimum absolute atomic E-state index is 0.00170. The van der Waals surface area contributed by atoms with Gasteiger partial charge in [-0.25, -0.2) is 4.79 Å². The molecular formula is C19H28N2O4. The van der Waals surface area contributed by atoms with Crippen molar-refractivity contribution >= 4 is 12.0 Å². The second-order valence-corrected chi connectivity index (χ2v) is 6.93. The van der Waals surface area contributed by atoms with Gasteiger partial charge in [-0.15, -0.1) is 0 Å². The average Bonchev–Trinajstić information content (AvgIpc) is 2.59. The summed E-state index contributed by atoms with van der Waals surface area (Å²) in [5.41, 5.74) is 0.232. The molecule has 4 N–H and O–H groups in total. The molecule has 25 heavy (non-hydrogen) atoms. The molecule has 0 spiro atoms. The van der Waals surface area contributed by atoms with Crippen molar-refractivity contribution in [3.63, 3.8) is 0 Å². The van der Waals surface area contributed by atoms with Gasteiger partial charge in [0, 0.05) is 19.0 Å². The minimum Gasteiger partial charge on any atom is -0.481 e. The maximum absolute atomic E-state index is 12.2. The molecular weight excluding hydrogens is 320 g/mol. The van der Waals surface area contributed by atoms with Gasteiger partial charge >= 0.3 is 12.0 Å². The van der Waals surface area contributed by atoms with E-state index in [1.807, 2.05) is 30.3 Å².